The van der Waals surface area contributed by atoms with Crippen molar-refractivity contribution in [3.63, 3.8) is 0 Å². The van der Waals surface area contributed by atoms with Crippen LogP contribution in [0.3, 0.4) is 0 Å². The van der Waals surface area contributed by atoms with Gasteiger partial charge in [-0.3, -0.25) is 9.59 Å². The molecule has 1 atom stereocenters. The van der Waals surface area contributed by atoms with Gasteiger partial charge in [-0.15, -0.1) is 0 Å². The van der Waals surface area contributed by atoms with Crippen molar-refractivity contribution in [2.75, 3.05) is 13.2 Å². The SMILES string of the molecule is CCOC(=O)C(C(=O)OCC)C(C=O)CC. The van der Waals surface area contributed by atoms with Crippen LogP contribution in [0, 0.1) is 11.8 Å². The Labute approximate surface area is 95.1 Å². The molecule has 0 aliphatic heterocycles. The van der Waals surface area contributed by atoms with Crippen molar-refractivity contribution in [1.82, 2.24) is 0 Å². The monoisotopic (exact) mass is 230 g/mol. The summed E-state index contributed by atoms with van der Waals surface area (Å²) < 4.78 is 9.51. The molecule has 0 saturated heterocycles. The van der Waals surface area contributed by atoms with Gasteiger partial charge < -0.3 is 14.3 Å². The van der Waals surface area contributed by atoms with Crippen LogP contribution in [-0.4, -0.2) is 31.4 Å². The average Bonchev–Trinajstić information content (AvgIpc) is 2.25. The fourth-order valence-electron chi connectivity index (χ4n) is 1.32. The predicted molar refractivity (Wildman–Crippen MR) is 56.6 cm³/mol. The predicted octanol–water partition coefficient (Wildman–Crippen LogP) is 0.954. The standard InChI is InChI=1S/C11H18O5/c1-4-8(7-12)9(10(13)15-5-2)11(14)16-6-3/h7-9H,4-6H2,1-3H3. The van der Waals surface area contributed by atoms with E-state index in [0.717, 1.165) is 0 Å². The van der Waals surface area contributed by atoms with Crippen molar-refractivity contribution in [1.29, 1.82) is 0 Å². The van der Waals surface area contributed by atoms with Crippen molar-refractivity contribution in [2.45, 2.75) is 27.2 Å². The Morgan fingerprint density at radius 1 is 1.06 bits per heavy atom. The Balaban J connectivity index is 4.80. The van der Waals surface area contributed by atoms with E-state index in [1.54, 1.807) is 20.8 Å². The van der Waals surface area contributed by atoms with Gasteiger partial charge in [0.05, 0.1) is 13.2 Å². The van der Waals surface area contributed by atoms with E-state index in [0.29, 0.717) is 12.7 Å². The van der Waals surface area contributed by atoms with E-state index in [2.05, 4.69) is 0 Å². The Bertz CT molecular complexity index is 231. The van der Waals surface area contributed by atoms with Crippen molar-refractivity contribution in [3.8, 4) is 0 Å². The van der Waals surface area contributed by atoms with Crippen molar-refractivity contribution < 1.29 is 23.9 Å². The number of carbonyl (C=O) groups excluding carboxylic acids is 3. The first-order chi connectivity index (χ1) is 7.62. The topological polar surface area (TPSA) is 69.7 Å². The van der Waals surface area contributed by atoms with E-state index in [9.17, 15) is 14.4 Å². The fraction of sp³-hybridized carbons (Fsp3) is 0.727. The van der Waals surface area contributed by atoms with E-state index in [-0.39, 0.29) is 13.2 Å². The third-order valence-corrected chi connectivity index (χ3v) is 2.16. The van der Waals surface area contributed by atoms with Gasteiger partial charge in [0.25, 0.3) is 0 Å². The third-order valence-electron chi connectivity index (χ3n) is 2.16. The number of hydrogen-bond donors (Lipinski definition) is 0. The number of esters is 2. The molecule has 0 amide bonds. The molecular formula is C11H18O5. The maximum absolute atomic E-state index is 11.5. The lowest BCUT2D eigenvalue weighted by Gasteiger charge is -2.18. The van der Waals surface area contributed by atoms with E-state index in [1.807, 2.05) is 0 Å². The second-order valence-electron chi connectivity index (χ2n) is 3.19. The molecule has 0 spiro atoms. The molecule has 0 N–H and O–H groups in total. The number of ether oxygens (including phenoxy) is 2. The smallest absolute Gasteiger partial charge is 0.321 e. The summed E-state index contributed by atoms with van der Waals surface area (Å²) in [4.78, 5) is 33.9. The third kappa shape index (κ3) is 4.00. The molecule has 0 aromatic heterocycles. The molecule has 0 heterocycles. The molecule has 0 aromatic carbocycles. The van der Waals surface area contributed by atoms with Crippen LogP contribution in [0.1, 0.15) is 27.2 Å². The molecular weight excluding hydrogens is 212 g/mol. The van der Waals surface area contributed by atoms with Crippen LogP contribution in [-0.2, 0) is 23.9 Å². The van der Waals surface area contributed by atoms with E-state index in [1.165, 1.54) is 0 Å². The van der Waals surface area contributed by atoms with Gasteiger partial charge in [0.15, 0.2) is 5.92 Å². The lowest BCUT2D eigenvalue weighted by Crippen LogP contribution is -2.35. The number of aldehydes is 1. The van der Waals surface area contributed by atoms with E-state index in [4.69, 9.17) is 9.47 Å². The number of hydrogen-bond acceptors (Lipinski definition) is 5. The van der Waals surface area contributed by atoms with Crippen LogP contribution < -0.4 is 0 Å². The summed E-state index contributed by atoms with van der Waals surface area (Å²) >= 11 is 0. The van der Waals surface area contributed by atoms with Crippen LogP contribution in [0.2, 0.25) is 0 Å². The molecule has 0 fully saturated rings. The molecule has 0 bridgehead atoms. The summed E-state index contributed by atoms with van der Waals surface area (Å²) in [6.45, 7) is 5.35. The molecule has 0 aliphatic rings. The van der Waals surface area contributed by atoms with Gasteiger partial charge in [-0.1, -0.05) is 6.92 Å². The van der Waals surface area contributed by atoms with E-state index >= 15 is 0 Å². The Morgan fingerprint density at radius 3 is 1.75 bits per heavy atom. The quantitative estimate of drug-likeness (QED) is 0.370. The van der Waals surface area contributed by atoms with Gasteiger partial charge in [-0.2, -0.15) is 0 Å². The van der Waals surface area contributed by atoms with Crippen LogP contribution >= 0.6 is 0 Å². The second-order valence-corrected chi connectivity index (χ2v) is 3.19. The summed E-state index contributed by atoms with van der Waals surface area (Å²) in [6, 6.07) is 0. The zero-order valence-corrected chi connectivity index (χ0v) is 9.89. The molecule has 0 rings (SSSR count). The minimum atomic E-state index is -1.14. The molecule has 1 unspecified atom stereocenters. The first kappa shape index (κ1) is 14.6. The molecule has 92 valence electrons. The summed E-state index contributed by atoms with van der Waals surface area (Å²) in [7, 11) is 0. The molecule has 0 aliphatic carbocycles. The van der Waals surface area contributed by atoms with Crippen LogP contribution in [0.15, 0.2) is 0 Å². The first-order valence-corrected chi connectivity index (χ1v) is 5.40. The van der Waals surface area contributed by atoms with Gasteiger partial charge in [-0.25, -0.2) is 0 Å². The lowest BCUT2D eigenvalue weighted by atomic mass is 9.91. The number of carbonyl (C=O) groups is 3. The largest absolute Gasteiger partial charge is 0.465 e. The fourth-order valence-corrected chi connectivity index (χ4v) is 1.32. The number of rotatable bonds is 7. The van der Waals surface area contributed by atoms with Gasteiger partial charge in [0, 0.05) is 5.92 Å². The van der Waals surface area contributed by atoms with E-state index < -0.39 is 23.8 Å². The first-order valence-electron chi connectivity index (χ1n) is 5.40. The molecule has 16 heavy (non-hydrogen) atoms. The van der Waals surface area contributed by atoms with Gasteiger partial charge >= 0.3 is 11.9 Å². The molecule has 5 nitrogen and oxygen atoms in total. The minimum absolute atomic E-state index is 0.171. The Hall–Kier alpha value is -1.39. The second kappa shape index (κ2) is 7.84. The maximum Gasteiger partial charge on any atom is 0.321 e. The van der Waals surface area contributed by atoms with Crippen molar-refractivity contribution in [2.24, 2.45) is 11.8 Å². The Kier molecular flexibility index (Phi) is 7.16. The van der Waals surface area contributed by atoms with Crippen LogP contribution in [0.4, 0.5) is 0 Å². The summed E-state index contributed by atoms with van der Waals surface area (Å²) in [5.41, 5.74) is 0. The molecule has 0 aromatic rings. The van der Waals surface area contributed by atoms with Gasteiger partial charge in [0.1, 0.15) is 6.29 Å². The zero-order chi connectivity index (χ0) is 12.6. The highest BCUT2D eigenvalue weighted by Gasteiger charge is 2.36. The van der Waals surface area contributed by atoms with Crippen molar-refractivity contribution in [3.05, 3.63) is 0 Å². The highest BCUT2D eigenvalue weighted by molar-refractivity contribution is 5.97. The molecule has 0 radical (unpaired) electrons. The van der Waals surface area contributed by atoms with Crippen LogP contribution in [0.5, 0.6) is 0 Å². The average molecular weight is 230 g/mol. The zero-order valence-electron chi connectivity index (χ0n) is 9.89. The highest BCUT2D eigenvalue weighted by atomic mass is 16.6. The molecule has 0 saturated carbocycles. The summed E-state index contributed by atoms with van der Waals surface area (Å²) in [5, 5.41) is 0. The van der Waals surface area contributed by atoms with Gasteiger partial charge in [-0.05, 0) is 20.3 Å². The van der Waals surface area contributed by atoms with Crippen molar-refractivity contribution >= 4 is 18.2 Å². The minimum Gasteiger partial charge on any atom is -0.465 e. The Morgan fingerprint density at radius 2 is 1.50 bits per heavy atom. The summed E-state index contributed by atoms with van der Waals surface area (Å²) in [5.74, 6) is -3.21. The van der Waals surface area contributed by atoms with Crippen LogP contribution in [0.25, 0.3) is 0 Å². The summed E-state index contributed by atoms with van der Waals surface area (Å²) in [6.07, 6.45) is 0.990. The van der Waals surface area contributed by atoms with Gasteiger partial charge in [0.2, 0.25) is 0 Å². The normalized spacial score (nSPS) is 12.0. The highest BCUT2D eigenvalue weighted by Crippen LogP contribution is 2.17. The maximum atomic E-state index is 11.5. The lowest BCUT2D eigenvalue weighted by molar-refractivity contribution is -0.165. The molecule has 5 heteroatoms.